The summed E-state index contributed by atoms with van der Waals surface area (Å²) in [4.78, 5) is 6.18. The third-order valence-electron chi connectivity index (χ3n) is 2.50. The van der Waals surface area contributed by atoms with Crippen molar-refractivity contribution in [3.05, 3.63) is 35.2 Å². The Kier molecular flexibility index (Phi) is 3.17. The van der Waals surface area contributed by atoms with Crippen LogP contribution < -0.4 is 0 Å². The Morgan fingerprint density at radius 3 is 2.35 bits per heavy atom. The van der Waals surface area contributed by atoms with Gasteiger partial charge >= 0.3 is 0 Å². The molecule has 0 radical (unpaired) electrons. The molecule has 17 heavy (non-hydrogen) atoms. The lowest BCUT2D eigenvalue weighted by molar-refractivity contribution is 0.597. The van der Waals surface area contributed by atoms with Crippen molar-refractivity contribution in [1.29, 1.82) is 0 Å². The molecule has 1 aromatic carbocycles. The summed E-state index contributed by atoms with van der Waals surface area (Å²) in [6, 6.07) is 6.74. The first kappa shape index (κ1) is 12.1. The van der Waals surface area contributed by atoms with E-state index in [9.17, 15) is 8.42 Å². The second-order valence-corrected chi connectivity index (χ2v) is 6.27. The molecule has 1 heterocycles. The SMILES string of the molecule is CCS(=O)(=O)c1ccc(-c2c[nH]c(=S)[nH]2)cc1. The molecule has 1 aromatic heterocycles. The predicted molar refractivity (Wildman–Crippen MR) is 69.1 cm³/mol. The highest BCUT2D eigenvalue weighted by Crippen LogP contribution is 2.19. The van der Waals surface area contributed by atoms with Crippen molar-refractivity contribution < 1.29 is 8.42 Å². The minimum absolute atomic E-state index is 0.110. The van der Waals surface area contributed by atoms with Crippen LogP contribution in [-0.2, 0) is 9.84 Å². The number of aromatic amines is 2. The average Bonchev–Trinajstić information content (AvgIpc) is 2.76. The lowest BCUT2D eigenvalue weighted by atomic mass is 10.2. The Morgan fingerprint density at radius 2 is 1.88 bits per heavy atom. The van der Waals surface area contributed by atoms with E-state index in [1.807, 2.05) is 0 Å². The smallest absolute Gasteiger partial charge is 0.178 e. The zero-order chi connectivity index (χ0) is 12.5. The summed E-state index contributed by atoms with van der Waals surface area (Å²) in [7, 11) is -3.13. The molecular weight excluding hydrogens is 256 g/mol. The molecule has 0 aliphatic carbocycles. The van der Waals surface area contributed by atoms with Crippen LogP contribution in [0.5, 0.6) is 0 Å². The lowest BCUT2D eigenvalue weighted by Crippen LogP contribution is -2.03. The van der Waals surface area contributed by atoms with Gasteiger partial charge in [0.05, 0.1) is 16.3 Å². The van der Waals surface area contributed by atoms with Crippen molar-refractivity contribution in [3.8, 4) is 11.3 Å². The van der Waals surface area contributed by atoms with E-state index in [4.69, 9.17) is 12.2 Å². The van der Waals surface area contributed by atoms with E-state index in [-0.39, 0.29) is 5.75 Å². The Bertz CT molecular complexity index is 666. The van der Waals surface area contributed by atoms with Crippen molar-refractivity contribution in [3.63, 3.8) is 0 Å². The van der Waals surface area contributed by atoms with E-state index in [0.717, 1.165) is 11.3 Å². The first-order valence-corrected chi connectivity index (χ1v) is 7.20. The van der Waals surface area contributed by atoms with Crippen LogP contribution in [0.25, 0.3) is 11.3 Å². The maximum Gasteiger partial charge on any atom is 0.178 e. The summed E-state index contributed by atoms with van der Waals surface area (Å²) in [6.07, 6.45) is 1.76. The van der Waals surface area contributed by atoms with E-state index in [0.29, 0.717) is 9.67 Å². The van der Waals surface area contributed by atoms with Gasteiger partial charge in [-0.05, 0) is 29.9 Å². The number of nitrogens with one attached hydrogen (secondary N) is 2. The van der Waals surface area contributed by atoms with Gasteiger partial charge in [0.25, 0.3) is 0 Å². The van der Waals surface area contributed by atoms with Crippen molar-refractivity contribution in [1.82, 2.24) is 9.97 Å². The number of aromatic nitrogens is 2. The van der Waals surface area contributed by atoms with Crippen molar-refractivity contribution in [2.24, 2.45) is 0 Å². The Labute approximate surface area is 105 Å². The predicted octanol–water partition coefficient (Wildman–Crippen LogP) is 2.53. The van der Waals surface area contributed by atoms with Crippen LogP contribution in [0.2, 0.25) is 0 Å². The van der Waals surface area contributed by atoms with Gasteiger partial charge in [-0.2, -0.15) is 0 Å². The number of rotatable bonds is 3. The summed E-state index contributed by atoms with van der Waals surface area (Å²) in [5.41, 5.74) is 1.74. The van der Waals surface area contributed by atoms with Gasteiger partial charge in [-0.1, -0.05) is 19.1 Å². The highest BCUT2D eigenvalue weighted by Gasteiger charge is 2.11. The lowest BCUT2D eigenvalue weighted by Gasteiger charge is -2.02. The third kappa shape index (κ3) is 2.48. The van der Waals surface area contributed by atoms with Crippen LogP contribution in [-0.4, -0.2) is 24.1 Å². The second-order valence-electron chi connectivity index (χ2n) is 3.58. The molecular formula is C11H12N2O2S2. The number of imidazole rings is 1. The van der Waals surface area contributed by atoms with Crippen LogP contribution in [0.4, 0.5) is 0 Å². The summed E-state index contributed by atoms with van der Waals surface area (Å²) in [5.74, 6) is 0.110. The molecule has 0 fully saturated rings. The molecule has 0 aliphatic rings. The third-order valence-corrected chi connectivity index (χ3v) is 4.47. The van der Waals surface area contributed by atoms with Gasteiger partial charge in [-0.3, -0.25) is 0 Å². The quantitative estimate of drug-likeness (QED) is 0.841. The minimum Gasteiger partial charge on any atom is -0.337 e. The van der Waals surface area contributed by atoms with E-state index in [1.165, 1.54) is 0 Å². The fourth-order valence-electron chi connectivity index (χ4n) is 1.50. The van der Waals surface area contributed by atoms with Gasteiger partial charge in [-0.25, -0.2) is 8.42 Å². The Hall–Kier alpha value is -1.40. The Morgan fingerprint density at radius 1 is 1.24 bits per heavy atom. The molecule has 0 unspecified atom stereocenters. The van der Waals surface area contributed by atoms with Crippen LogP contribution in [0.15, 0.2) is 35.4 Å². The van der Waals surface area contributed by atoms with Gasteiger partial charge in [0.1, 0.15) is 0 Å². The number of sulfone groups is 1. The molecule has 0 atom stereocenters. The number of hydrogen-bond donors (Lipinski definition) is 2. The molecule has 2 N–H and O–H groups in total. The Balaban J connectivity index is 2.40. The maximum atomic E-state index is 11.6. The monoisotopic (exact) mass is 268 g/mol. The summed E-state index contributed by atoms with van der Waals surface area (Å²) >= 11 is 4.93. The fourth-order valence-corrected chi connectivity index (χ4v) is 2.55. The fraction of sp³-hybridized carbons (Fsp3) is 0.182. The van der Waals surface area contributed by atoms with Crippen LogP contribution >= 0.6 is 12.2 Å². The highest BCUT2D eigenvalue weighted by atomic mass is 32.2. The zero-order valence-corrected chi connectivity index (χ0v) is 10.9. The molecule has 6 heteroatoms. The second kappa shape index (κ2) is 4.46. The first-order valence-electron chi connectivity index (χ1n) is 5.14. The highest BCUT2D eigenvalue weighted by molar-refractivity contribution is 7.91. The van der Waals surface area contributed by atoms with Crippen molar-refractivity contribution in [2.45, 2.75) is 11.8 Å². The zero-order valence-electron chi connectivity index (χ0n) is 9.23. The largest absolute Gasteiger partial charge is 0.337 e. The van der Waals surface area contributed by atoms with E-state index < -0.39 is 9.84 Å². The minimum atomic E-state index is -3.13. The topological polar surface area (TPSA) is 65.7 Å². The van der Waals surface area contributed by atoms with Crippen LogP contribution in [0, 0.1) is 4.77 Å². The van der Waals surface area contributed by atoms with Gasteiger partial charge in [0.15, 0.2) is 14.6 Å². The van der Waals surface area contributed by atoms with Crippen LogP contribution in [0.3, 0.4) is 0 Å². The molecule has 0 spiro atoms. The molecule has 0 aliphatic heterocycles. The molecule has 0 saturated heterocycles. The van der Waals surface area contributed by atoms with E-state index >= 15 is 0 Å². The molecule has 90 valence electrons. The first-order chi connectivity index (χ1) is 8.03. The standard InChI is InChI=1S/C11H12N2O2S2/c1-2-17(14,15)9-5-3-8(4-6-9)10-7-12-11(16)13-10/h3-7H,2H2,1H3,(H2,12,13,16). The van der Waals surface area contributed by atoms with Crippen molar-refractivity contribution >= 4 is 22.1 Å². The van der Waals surface area contributed by atoms with E-state index in [2.05, 4.69) is 9.97 Å². The van der Waals surface area contributed by atoms with E-state index in [1.54, 1.807) is 37.4 Å². The van der Waals surface area contributed by atoms with Crippen LogP contribution in [0.1, 0.15) is 6.92 Å². The normalized spacial score (nSPS) is 11.6. The number of hydrogen-bond acceptors (Lipinski definition) is 3. The molecule has 0 amide bonds. The van der Waals surface area contributed by atoms with Gasteiger partial charge in [0, 0.05) is 6.20 Å². The number of benzene rings is 1. The molecule has 2 aromatic rings. The summed E-state index contributed by atoms with van der Waals surface area (Å²) in [6.45, 7) is 1.63. The van der Waals surface area contributed by atoms with Crippen molar-refractivity contribution in [2.75, 3.05) is 5.75 Å². The molecule has 0 saturated carbocycles. The van der Waals surface area contributed by atoms with Gasteiger partial charge < -0.3 is 9.97 Å². The molecule has 2 rings (SSSR count). The average molecular weight is 268 g/mol. The van der Waals surface area contributed by atoms with Gasteiger partial charge in [-0.15, -0.1) is 0 Å². The maximum absolute atomic E-state index is 11.6. The summed E-state index contributed by atoms with van der Waals surface area (Å²) in [5, 5.41) is 0. The number of H-pyrrole nitrogens is 2. The summed E-state index contributed by atoms with van der Waals surface area (Å²) < 4.78 is 23.8. The molecule has 0 bridgehead atoms. The molecule has 4 nitrogen and oxygen atoms in total. The van der Waals surface area contributed by atoms with Gasteiger partial charge in [0.2, 0.25) is 0 Å².